The van der Waals surface area contributed by atoms with Crippen molar-refractivity contribution in [2.75, 3.05) is 10.6 Å². The second kappa shape index (κ2) is 10.6. The first-order valence-corrected chi connectivity index (χ1v) is 11.7. The Labute approximate surface area is 199 Å². The molecular formula is C27H30N2O3S. The van der Waals surface area contributed by atoms with Crippen LogP contribution in [-0.4, -0.2) is 16.1 Å². The summed E-state index contributed by atoms with van der Waals surface area (Å²) in [5.41, 5.74) is 4.13. The van der Waals surface area contributed by atoms with Crippen molar-refractivity contribution in [1.29, 1.82) is 0 Å². The van der Waals surface area contributed by atoms with Gasteiger partial charge in [0, 0.05) is 35.5 Å². The zero-order chi connectivity index (χ0) is 24.0. The van der Waals surface area contributed by atoms with Crippen molar-refractivity contribution < 1.29 is 14.7 Å². The Kier molecular flexibility index (Phi) is 7.82. The summed E-state index contributed by atoms with van der Waals surface area (Å²) in [7, 11) is 0. The van der Waals surface area contributed by atoms with E-state index in [4.69, 9.17) is 0 Å². The Bertz CT molecular complexity index is 1120. The first kappa shape index (κ1) is 24.4. The van der Waals surface area contributed by atoms with Gasteiger partial charge in [0.25, 0.3) is 0 Å². The molecule has 0 saturated carbocycles. The smallest absolute Gasteiger partial charge is 0.224 e. The lowest BCUT2D eigenvalue weighted by atomic mass is 9.85. The lowest BCUT2D eigenvalue weighted by Crippen LogP contribution is -2.13. The van der Waals surface area contributed by atoms with Crippen molar-refractivity contribution >= 4 is 39.8 Å². The van der Waals surface area contributed by atoms with Gasteiger partial charge in [0.1, 0.15) is 5.75 Å². The summed E-state index contributed by atoms with van der Waals surface area (Å²) < 4.78 is 0. The normalized spacial score (nSPS) is 11.2. The van der Waals surface area contributed by atoms with Crippen molar-refractivity contribution in [2.24, 2.45) is 0 Å². The molecule has 0 saturated heterocycles. The van der Waals surface area contributed by atoms with Gasteiger partial charge < -0.3 is 15.7 Å². The molecule has 1 amide bonds. The van der Waals surface area contributed by atoms with Crippen LogP contribution in [0.4, 0.5) is 17.1 Å². The number of benzene rings is 3. The van der Waals surface area contributed by atoms with E-state index in [1.165, 1.54) is 0 Å². The highest BCUT2D eigenvalue weighted by atomic mass is 32.2. The summed E-state index contributed by atoms with van der Waals surface area (Å²) in [6.07, 6.45) is 0.164. The van der Waals surface area contributed by atoms with E-state index in [9.17, 15) is 14.7 Å². The number of phenolic OH excluding ortho intramolecular Hbond substituents is 1. The van der Waals surface area contributed by atoms with Gasteiger partial charge in [-0.3, -0.25) is 9.59 Å². The van der Waals surface area contributed by atoms with Crippen LogP contribution in [0.5, 0.6) is 5.75 Å². The second-order valence-corrected chi connectivity index (χ2v) is 10.1. The maximum absolute atomic E-state index is 12.5. The topological polar surface area (TPSA) is 78.4 Å². The zero-order valence-electron chi connectivity index (χ0n) is 19.4. The minimum Gasteiger partial charge on any atom is -0.506 e. The highest BCUT2D eigenvalue weighted by Crippen LogP contribution is 2.39. The maximum Gasteiger partial charge on any atom is 0.224 e. The van der Waals surface area contributed by atoms with Crippen molar-refractivity contribution in [3.05, 3.63) is 77.9 Å². The molecule has 0 heterocycles. The number of aryl methyl sites for hydroxylation is 1. The van der Waals surface area contributed by atoms with Crippen LogP contribution in [0.25, 0.3) is 0 Å². The molecular weight excluding hydrogens is 432 g/mol. The quantitative estimate of drug-likeness (QED) is 0.337. The van der Waals surface area contributed by atoms with Gasteiger partial charge in [0.15, 0.2) is 5.12 Å². The number of hydrogen-bond donors (Lipinski definition) is 3. The molecule has 0 bridgehead atoms. The van der Waals surface area contributed by atoms with E-state index >= 15 is 0 Å². The van der Waals surface area contributed by atoms with E-state index in [-0.39, 0.29) is 35.0 Å². The maximum atomic E-state index is 12.5. The molecule has 33 heavy (non-hydrogen) atoms. The fourth-order valence-electron chi connectivity index (χ4n) is 3.33. The van der Waals surface area contributed by atoms with Gasteiger partial charge in [-0.25, -0.2) is 0 Å². The Morgan fingerprint density at radius 3 is 2.12 bits per heavy atom. The van der Waals surface area contributed by atoms with Gasteiger partial charge in [-0.2, -0.15) is 0 Å². The summed E-state index contributed by atoms with van der Waals surface area (Å²) in [5, 5.41) is 16.6. The van der Waals surface area contributed by atoms with E-state index in [2.05, 4.69) is 10.6 Å². The summed E-state index contributed by atoms with van der Waals surface area (Å²) in [4.78, 5) is 25.3. The molecule has 0 atom stereocenters. The standard InChI is InChI=1S/C27H30N2O3S/c1-18-16-22(27(2,3)4)26(32)23(17-18)33-25(31)15-14-24(30)29-21-12-10-20(11-13-21)28-19-8-6-5-7-9-19/h5-13,16-17,28,32H,14-15H2,1-4H3,(H,29,30). The number of phenols is 1. The van der Waals surface area contributed by atoms with Crippen molar-refractivity contribution in [3.63, 3.8) is 0 Å². The number of hydrogen-bond acceptors (Lipinski definition) is 5. The molecule has 172 valence electrons. The highest BCUT2D eigenvalue weighted by molar-refractivity contribution is 8.13. The van der Waals surface area contributed by atoms with E-state index in [1.54, 1.807) is 6.07 Å². The van der Waals surface area contributed by atoms with Crippen LogP contribution in [0.3, 0.4) is 0 Å². The summed E-state index contributed by atoms with van der Waals surface area (Å²) in [6.45, 7) is 8.00. The van der Waals surface area contributed by atoms with Crippen molar-refractivity contribution in [2.45, 2.75) is 50.8 Å². The van der Waals surface area contributed by atoms with Gasteiger partial charge in [-0.05, 0) is 72.1 Å². The average molecular weight is 463 g/mol. The van der Waals surface area contributed by atoms with Crippen LogP contribution >= 0.6 is 11.8 Å². The molecule has 0 fully saturated rings. The number of amides is 1. The van der Waals surface area contributed by atoms with Crippen LogP contribution in [0.2, 0.25) is 0 Å². The van der Waals surface area contributed by atoms with Gasteiger partial charge in [0.2, 0.25) is 5.91 Å². The number of nitrogens with one attached hydrogen (secondary N) is 2. The first-order valence-electron chi connectivity index (χ1n) is 10.9. The molecule has 6 heteroatoms. The number of anilines is 3. The Hall–Kier alpha value is -3.25. The fraction of sp³-hybridized carbons (Fsp3) is 0.259. The molecule has 3 aromatic rings. The van der Waals surface area contributed by atoms with Crippen LogP contribution in [0.1, 0.15) is 44.7 Å². The molecule has 0 unspecified atom stereocenters. The Morgan fingerprint density at radius 2 is 1.48 bits per heavy atom. The third-order valence-corrected chi connectivity index (χ3v) is 6.00. The van der Waals surface area contributed by atoms with Gasteiger partial charge in [0.05, 0.1) is 4.90 Å². The molecule has 0 aliphatic rings. The van der Waals surface area contributed by atoms with Crippen LogP contribution < -0.4 is 10.6 Å². The van der Waals surface area contributed by atoms with E-state index < -0.39 is 0 Å². The minimum absolute atomic E-state index is 0.0779. The molecule has 0 spiro atoms. The first-order chi connectivity index (χ1) is 15.6. The van der Waals surface area contributed by atoms with Crippen LogP contribution in [0, 0.1) is 6.92 Å². The number of thioether (sulfide) groups is 1. The van der Waals surface area contributed by atoms with Crippen LogP contribution in [0.15, 0.2) is 71.6 Å². The third-order valence-electron chi connectivity index (χ3n) is 5.04. The molecule has 3 aromatic carbocycles. The fourth-order valence-corrected chi connectivity index (χ4v) is 4.23. The SMILES string of the molecule is Cc1cc(SC(=O)CCC(=O)Nc2ccc(Nc3ccccc3)cc2)c(O)c(C(C)(C)C)c1. The van der Waals surface area contributed by atoms with E-state index in [0.717, 1.165) is 34.3 Å². The summed E-state index contributed by atoms with van der Waals surface area (Å²) >= 11 is 0.989. The summed E-state index contributed by atoms with van der Waals surface area (Å²) in [6, 6.07) is 21.0. The van der Waals surface area contributed by atoms with Gasteiger partial charge >= 0.3 is 0 Å². The van der Waals surface area contributed by atoms with Gasteiger partial charge in [-0.15, -0.1) is 0 Å². The number of carbonyl (C=O) groups excluding carboxylic acids is 2. The number of carbonyl (C=O) groups is 2. The molecule has 3 N–H and O–H groups in total. The molecule has 0 aliphatic heterocycles. The lowest BCUT2D eigenvalue weighted by molar-refractivity contribution is -0.119. The Balaban J connectivity index is 1.52. The largest absolute Gasteiger partial charge is 0.506 e. The number of aromatic hydroxyl groups is 1. The molecule has 3 rings (SSSR count). The summed E-state index contributed by atoms with van der Waals surface area (Å²) in [5.74, 6) is -0.0864. The zero-order valence-corrected chi connectivity index (χ0v) is 20.3. The molecule has 0 radical (unpaired) electrons. The lowest BCUT2D eigenvalue weighted by Gasteiger charge is -2.22. The van der Waals surface area contributed by atoms with Gasteiger partial charge in [-0.1, -0.05) is 45.0 Å². The monoisotopic (exact) mass is 462 g/mol. The predicted molar refractivity (Wildman–Crippen MR) is 136 cm³/mol. The predicted octanol–water partition coefficient (Wildman–Crippen LogP) is 6.78. The van der Waals surface area contributed by atoms with Crippen LogP contribution in [-0.2, 0) is 15.0 Å². The third kappa shape index (κ3) is 7.12. The molecule has 0 aliphatic carbocycles. The minimum atomic E-state index is -0.236. The molecule has 5 nitrogen and oxygen atoms in total. The number of para-hydroxylation sites is 1. The molecule has 0 aromatic heterocycles. The average Bonchev–Trinajstić information content (AvgIpc) is 2.76. The second-order valence-electron chi connectivity index (χ2n) is 9.00. The number of rotatable bonds is 7. The Morgan fingerprint density at radius 1 is 0.879 bits per heavy atom. The van der Waals surface area contributed by atoms with E-state index in [1.807, 2.05) is 88.4 Å². The highest BCUT2D eigenvalue weighted by Gasteiger charge is 2.22. The van der Waals surface area contributed by atoms with Crippen molar-refractivity contribution in [3.8, 4) is 5.75 Å². The van der Waals surface area contributed by atoms with E-state index in [0.29, 0.717) is 10.6 Å². The van der Waals surface area contributed by atoms with Crippen molar-refractivity contribution in [1.82, 2.24) is 0 Å².